The predicted molar refractivity (Wildman–Crippen MR) is 84.2 cm³/mol. The van der Waals surface area contributed by atoms with Gasteiger partial charge in [0, 0.05) is 20.7 Å². The van der Waals surface area contributed by atoms with Crippen molar-refractivity contribution in [3.63, 3.8) is 0 Å². The van der Waals surface area contributed by atoms with Crippen LogP contribution in [-0.2, 0) is 0 Å². The molecule has 0 heterocycles. The summed E-state index contributed by atoms with van der Waals surface area (Å²) in [6.45, 7) is 0. The molecule has 0 bridgehead atoms. The van der Waals surface area contributed by atoms with E-state index < -0.39 is 0 Å². The molecule has 0 aromatic heterocycles. The van der Waals surface area contributed by atoms with E-state index in [-0.39, 0.29) is 17.4 Å². The van der Waals surface area contributed by atoms with Crippen LogP contribution in [0.3, 0.4) is 0 Å². The third kappa shape index (κ3) is 3.25. The van der Waals surface area contributed by atoms with Gasteiger partial charge in [-0.25, -0.2) is 0 Å². The lowest BCUT2D eigenvalue weighted by molar-refractivity contribution is 0.474. The van der Waals surface area contributed by atoms with E-state index >= 15 is 0 Å². The number of alkyl halides is 1. The highest BCUT2D eigenvalue weighted by Gasteiger charge is 2.19. The number of aromatic hydroxyl groups is 2. The normalized spacial score (nSPS) is 10.9. The molecule has 0 fully saturated rings. The Bertz CT molecular complexity index is 550. The van der Waals surface area contributed by atoms with Crippen LogP contribution in [0, 0.1) is 0 Å². The van der Waals surface area contributed by atoms with E-state index in [1.54, 1.807) is 24.3 Å². The van der Waals surface area contributed by atoms with E-state index in [4.69, 9.17) is 11.6 Å². The van der Waals surface area contributed by atoms with E-state index in [2.05, 4.69) is 31.9 Å². The molecule has 0 aliphatic heterocycles. The molecule has 0 atom stereocenters. The van der Waals surface area contributed by atoms with Crippen LogP contribution in [0.25, 0.3) is 0 Å². The topological polar surface area (TPSA) is 40.5 Å². The Morgan fingerprint density at radius 1 is 0.895 bits per heavy atom. The molecule has 0 aliphatic carbocycles. The molecule has 0 unspecified atom stereocenters. The number of hydrogen-bond donors (Lipinski definition) is 2. The summed E-state index contributed by atoms with van der Waals surface area (Å²) in [6.07, 6.45) is 0. The van der Waals surface area contributed by atoms with Crippen LogP contribution >= 0.6 is 43.5 Å². The first-order valence-corrected chi connectivity index (χ1v) is 7.67. The van der Waals surface area contributed by atoms with Gasteiger partial charge in [0.1, 0.15) is 11.5 Å². The molecule has 2 aromatic rings. The fourth-order valence-electron chi connectivity index (χ4n) is 1.93. The minimum absolute atomic E-state index is 0.0355. The first kappa shape index (κ1) is 14.7. The zero-order chi connectivity index (χ0) is 14.0. The minimum Gasteiger partial charge on any atom is -0.508 e. The molecule has 0 saturated heterocycles. The van der Waals surface area contributed by atoms with Gasteiger partial charge < -0.3 is 10.2 Å². The highest BCUT2D eigenvalue weighted by atomic mass is 79.9. The minimum atomic E-state index is -0.0355. The molecule has 0 spiro atoms. The standard InChI is InChI=1S/C14H11Br2ClO2/c15-13-5-8(18)1-3-10(13)12(7-17)11-4-2-9(19)6-14(11)16/h1-6,12,18-19H,7H2. The Kier molecular flexibility index (Phi) is 4.76. The second kappa shape index (κ2) is 6.16. The van der Waals surface area contributed by atoms with E-state index in [0.717, 1.165) is 20.1 Å². The molecule has 0 aliphatic rings. The van der Waals surface area contributed by atoms with Crippen LogP contribution in [0.2, 0.25) is 0 Å². The molecular formula is C14H11Br2ClO2. The van der Waals surface area contributed by atoms with Gasteiger partial charge in [0.05, 0.1) is 0 Å². The molecule has 2 N–H and O–H groups in total. The quantitative estimate of drug-likeness (QED) is 0.705. The fraction of sp³-hybridized carbons (Fsp3) is 0.143. The summed E-state index contributed by atoms with van der Waals surface area (Å²) >= 11 is 13.0. The van der Waals surface area contributed by atoms with Gasteiger partial charge >= 0.3 is 0 Å². The summed E-state index contributed by atoms with van der Waals surface area (Å²) in [4.78, 5) is 0. The SMILES string of the molecule is Oc1ccc(C(CCl)c2ccc(O)cc2Br)c(Br)c1. The second-order valence-electron chi connectivity index (χ2n) is 4.12. The van der Waals surface area contributed by atoms with Gasteiger partial charge in [0.2, 0.25) is 0 Å². The summed E-state index contributed by atoms with van der Waals surface area (Å²) in [5.41, 5.74) is 1.97. The third-order valence-electron chi connectivity index (χ3n) is 2.87. The first-order valence-electron chi connectivity index (χ1n) is 5.55. The molecular weight excluding hydrogens is 395 g/mol. The van der Waals surface area contributed by atoms with E-state index in [1.807, 2.05) is 12.1 Å². The first-order chi connectivity index (χ1) is 9.02. The Morgan fingerprint density at radius 3 is 1.63 bits per heavy atom. The van der Waals surface area contributed by atoms with Gasteiger partial charge in [0.25, 0.3) is 0 Å². The number of rotatable bonds is 3. The van der Waals surface area contributed by atoms with Crippen LogP contribution in [0.5, 0.6) is 11.5 Å². The van der Waals surface area contributed by atoms with Gasteiger partial charge in [-0.05, 0) is 35.4 Å². The van der Waals surface area contributed by atoms with Crippen molar-refractivity contribution >= 4 is 43.5 Å². The number of halogens is 3. The number of phenols is 2. The molecule has 2 rings (SSSR count). The molecule has 19 heavy (non-hydrogen) atoms. The Morgan fingerprint density at radius 2 is 1.32 bits per heavy atom. The molecule has 5 heteroatoms. The lowest BCUT2D eigenvalue weighted by atomic mass is 9.93. The third-order valence-corrected chi connectivity index (χ3v) is 4.56. The van der Waals surface area contributed by atoms with Crippen LogP contribution in [0.4, 0.5) is 0 Å². The molecule has 2 aromatic carbocycles. The number of benzene rings is 2. The maximum Gasteiger partial charge on any atom is 0.116 e. The highest BCUT2D eigenvalue weighted by molar-refractivity contribution is 9.10. The summed E-state index contributed by atoms with van der Waals surface area (Å²) in [6, 6.07) is 10.2. The van der Waals surface area contributed by atoms with Crippen molar-refractivity contribution in [1.29, 1.82) is 0 Å². The van der Waals surface area contributed by atoms with Crippen molar-refractivity contribution in [2.45, 2.75) is 5.92 Å². The van der Waals surface area contributed by atoms with Crippen LogP contribution in [0.15, 0.2) is 45.3 Å². The highest BCUT2D eigenvalue weighted by Crippen LogP contribution is 2.37. The van der Waals surface area contributed by atoms with E-state index in [9.17, 15) is 10.2 Å². The summed E-state index contributed by atoms with van der Waals surface area (Å²) in [5, 5.41) is 18.9. The average molecular weight is 407 g/mol. The van der Waals surface area contributed by atoms with Crippen molar-refractivity contribution in [3.05, 3.63) is 56.5 Å². The van der Waals surface area contributed by atoms with Crippen molar-refractivity contribution in [2.24, 2.45) is 0 Å². The van der Waals surface area contributed by atoms with Crippen molar-refractivity contribution < 1.29 is 10.2 Å². The van der Waals surface area contributed by atoms with E-state index in [0.29, 0.717) is 5.88 Å². The number of phenolic OH excluding ortho intramolecular Hbond substituents is 2. The number of hydrogen-bond acceptors (Lipinski definition) is 2. The molecule has 0 saturated carbocycles. The molecule has 0 amide bonds. The Balaban J connectivity index is 2.50. The lowest BCUT2D eigenvalue weighted by Gasteiger charge is -2.18. The van der Waals surface area contributed by atoms with E-state index in [1.165, 1.54) is 0 Å². The van der Waals surface area contributed by atoms with Crippen LogP contribution in [-0.4, -0.2) is 16.1 Å². The van der Waals surface area contributed by atoms with Gasteiger partial charge in [-0.15, -0.1) is 11.6 Å². The van der Waals surface area contributed by atoms with Crippen molar-refractivity contribution in [3.8, 4) is 11.5 Å². The fourth-order valence-corrected chi connectivity index (χ4v) is 3.55. The summed E-state index contributed by atoms with van der Waals surface area (Å²) in [7, 11) is 0. The molecule has 100 valence electrons. The van der Waals surface area contributed by atoms with Gasteiger partial charge in [-0.1, -0.05) is 44.0 Å². The summed E-state index contributed by atoms with van der Waals surface area (Å²) < 4.78 is 1.61. The molecule has 2 nitrogen and oxygen atoms in total. The van der Waals surface area contributed by atoms with Crippen molar-refractivity contribution in [2.75, 3.05) is 5.88 Å². The van der Waals surface area contributed by atoms with Crippen molar-refractivity contribution in [1.82, 2.24) is 0 Å². The lowest BCUT2D eigenvalue weighted by Crippen LogP contribution is -2.04. The Hall–Kier alpha value is -0.710. The smallest absolute Gasteiger partial charge is 0.116 e. The zero-order valence-electron chi connectivity index (χ0n) is 9.78. The average Bonchev–Trinajstić information content (AvgIpc) is 2.34. The van der Waals surface area contributed by atoms with Crippen LogP contribution in [0.1, 0.15) is 17.0 Å². The van der Waals surface area contributed by atoms with Gasteiger partial charge in [-0.3, -0.25) is 0 Å². The van der Waals surface area contributed by atoms with Crippen LogP contribution < -0.4 is 0 Å². The largest absolute Gasteiger partial charge is 0.508 e. The molecule has 0 radical (unpaired) electrons. The van der Waals surface area contributed by atoms with Gasteiger partial charge in [-0.2, -0.15) is 0 Å². The zero-order valence-corrected chi connectivity index (χ0v) is 13.7. The summed E-state index contributed by atoms with van der Waals surface area (Å²) in [5.74, 6) is 0.765. The second-order valence-corrected chi connectivity index (χ2v) is 6.14. The monoisotopic (exact) mass is 404 g/mol. The maximum absolute atomic E-state index is 9.45. The predicted octanol–water partition coefficient (Wildman–Crippen LogP) is 4.99. The maximum atomic E-state index is 9.45. The Labute approximate surface area is 133 Å². The van der Waals surface area contributed by atoms with Gasteiger partial charge in [0.15, 0.2) is 0 Å².